The van der Waals surface area contributed by atoms with E-state index in [4.69, 9.17) is 4.74 Å². The van der Waals surface area contributed by atoms with Crippen molar-refractivity contribution in [3.8, 4) is 0 Å². The Bertz CT molecular complexity index is 1330. The Labute approximate surface area is 389 Å². The zero-order chi connectivity index (χ0) is 47.6. The van der Waals surface area contributed by atoms with Gasteiger partial charge in [0.1, 0.15) is 11.6 Å². The lowest BCUT2D eigenvalue weighted by Gasteiger charge is -2.32. The number of rotatable bonds is 35. The van der Waals surface area contributed by atoms with Gasteiger partial charge in [0.25, 0.3) is 0 Å². The van der Waals surface area contributed by atoms with Crippen molar-refractivity contribution >= 4 is 11.6 Å². The molecule has 0 unspecified atom stereocenters. The highest BCUT2D eigenvalue weighted by molar-refractivity contribution is 5.84. The fraction of sp³-hybridized carbons (Fsp3) is 0.889. The highest BCUT2D eigenvalue weighted by Gasteiger charge is 2.34. The van der Waals surface area contributed by atoms with Crippen LogP contribution in [0.4, 0.5) is 0 Å². The fourth-order valence-electron chi connectivity index (χ4n) is 10.0. The molecule has 0 aliphatic rings. The van der Waals surface area contributed by atoms with Gasteiger partial charge in [-0.05, 0) is 126 Å². The Morgan fingerprint density at radius 3 is 1.11 bits per heavy atom. The molecule has 0 amide bonds. The molecule has 63 heavy (non-hydrogen) atoms. The van der Waals surface area contributed by atoms with Crippen LogP contribution in [-0.2, 0) is 40.3 Å². The van der Waals surface area contributed by atoms with E-state index in [1.165, 1.54) is 12.8 Å². The van der Waals surface area contributed by atoms with Crippen molar-refractivity contribution in [1.29, 1.82) is 0 Å². The predicted molar refractivity (Wildman–Crippen MR) is 266 cm³/mol. The molecule has 2 aromatic rings. The molecule has 0 aliphatic heterocycles. The van der Waals surface area contributed by atoms with Crippen molar-refractivity contribution in [1.82, 2.24) is 30.0 Å². The first-order chi connectivity index (χ1) is 29.5. The van der Waals surface area contributed by atoms with Crippen LogP contribution in [0.15, 0.2) is 12.4 Å². The molecule has 2 rings (SSSR count). The van der Waals surface area contributed by atoms with Crippen LogP contribution in [0.2, 0.25) is 0 Å². The Hall–Kier alpha value is -2.42. The molecule has 0 saturated carbocycles. The summed E-state index contributed by atoms with van der Waals surface area (Å²) in [5, 5.41) is 17.4. The highest BCUT2D eigenvalue weighted by atomic mass is 16.5. The van der Waals surface area contributed by atoms with E-state index in [1.807, 2.05) is 9.36 Å². The third-order valence-corrected chi connectivity index (χ3v) is 12.1. The summed E-state index contributed by atoms with van der Waals surface area (Å²) < 4.78 is 9.80. The van der Waals surface area contributed by atoms with Crippen LogP contribution in [0, 0.1) is 46.3 Å². The molecule has 0 aliphatic carbocycles. The molecule has 0 fully saturated rings. The van der Waals surface area contributed by atoms with Crippen molar-refractivity contribution in [3.63, 3.8) is 0 Å². The molecule has 2 heterocycles. The SMILES string of the molecule is CC(C)CC(C)(CC(C)C)C(=O)CCCCCCCn1cc(CCc2cn(CCCCCCCC(=O)C(C)(CC(C)C)CC(C)C)nn2)nn1.CC(C)CC(CC(C)C)OC(C)C. The molecule has 0 N–H and O–H groups in total. The van der Waals surface area contributed by atoms with Crippen molar-refractivity contribution in [2.24, 2.45) is 46.3 Å². The van der Waals surface area contributed by atoms with Crippen LogP contribution in [-0.4, -0.2) is 53.8 Å². The van der Waals surface area contributed by atoms with Crippen LogP contribution < -0.4 is 0 Å². The maximum atomic E-state index is 13.1. The van der Waals surface area contributed by atoms with Crippen molar-refractivity contribution in [3.05, 3.63) is 23.8 Å². The first-order valence-electron chi connectivity index (χ1n) is 26.0. The van der Waals surface area contributed by atoms with Crippen molar-refractivity contribution < 1.29 is 14.3 Å². The second-order valence-electron chi connectivity index (χ2n) is 22.9. The molecule has 9 heteroatoms. The number of ether oxygens (including phenoxy) is 1. The number of hydrogen-bond acceptors (Lipinski definition) is 7. The fourth-order valence-corrected chi connectivity index (χ4v) is 10.0. The van der Waals surface area contributed by atoms with E-state index in [0.717, 1.165) is 152 Å². The maximum Gasteiger partial charge on any atom is 0.138 e. The molecule has 0 bridgehead atoms. The lowest BCUT2D eigenvalue weighted by Crippen LogP contribution is -2.31. The van der Waals surface area contributed by atoms with Gasteiger partial charge in [0.15, 0.2) is 0 Å². The van der Waals surface area contributed by atoms with Gasteiger partial charge in [-0.3, -0.25) is 19.0 Å². The van der Waals surface area contributed by atoms with Crippen molar-refractivity contribution in [2.75, 3.05) is 0 Å². The van der Waals surface area contributed by atoms with Gasteiger partial charge < -0.3 is 4.74 Å². The van der Waals surface area contributed by atoms with Crippen LogP contribution in [0.25, 0.3) is 0 Å². The van der Waals surface area contributed by atoms with Gasteiger partial charge in [-0.2, -0.15) is 0 Å². The van der Waals surface area contributed by atoms with Gasteiger partial charge in [-0.1, -0.05) is 146 Å². The first kappa shape index (κ1) is 58.6. The molecule has 0 spiro atoms. The number of unbranched alkanes of at least 4 members (excludes halogenated alkanes) is 8. The summed E-state index contributed by atoms with van der Waals surface area (Å²) in [4.78, 5) is 26.2. The first-order valence-corrected chi connectivity index (χ1v) is 26.0. The number of ketones is 2. The quantitative estimate of drug-likeness (QED) is 0.0635. The Morgan fingerprint density at radius 1 is 0.492 bits per heavy atom. The van der Waals surface area contributed by atoms with E-state index in [9.17, 15) is 9.59 Å². The van der Waals surface area contributed by atoms with Crippen LogP contribution >= 0.6 is 0 Å². The minimum atomic E-state index is -0.169. The Balaban J connectivity index is 0.00000131. The summed E-state index contributed by atoms with van der Waals surface area (Å²) >= 11 is 0. The van der Waals surface area contributed by atoms with E-state index in [1.54, 1.807) is 0 Å². The van der Waals surface area contributed by atoms with Gasteiger partial charge in [-0.25, -0.2) is 0 Å². The van der Waals surface area contributed by atoms with E-state index in [-0.39, 0.29) is 10.8 Å². The van der Waals surface area contributed by atoms with Crippen LogP contribution in [0.3, 0.4) is 0 Å². The van der Waals surface area contributed by atoms with Gasteiger partial charge in [0.2, 0.25) is 0 Å². The number of aromatic nitrogens is 6. The maximum absolute atomic E-state index is 13.1. The second kappa shape index (κ2) is 31.5. The lowest BCUT2D eigenvalue weighted by molar-refractivity contribution is -0.130. The largest absolute Gasteiger partial charge is 0.376 e. The smallest absolute Gasteiger partial charge is 0.138 e. The third-order valence-electron chi connectivity index (χ3n) is 12.1. The number of aryl methyl sites for hydroxylation is 4. The average molecular weight is 883 g/mol. The zero-order valence-electron chi connectivity index (χ0n) is 44.2. The topological polar surface area (TPSA) is 105 Å². The number of carbonyl (C=O) groups excluding carboxylic acids is 2. The minimum absolute atomic E-state index is 0.169. The summed E-state index contributed by atoms with van der Waals surface area (Å²) in [6, 6.07) is 0. The van der Waals surface area contributed by atoms with Crippen LogP contribution in [0.1, 0.15) is 238 Å². The van der Waals surface area contributed by atoms with Crippen LogP contribution in [0.5, 0.6) is 0 Å². The van der Waals surface area contributed by atoms with Gasteiger partial charge in [-0.15, -0.1) is 10.2 Å². The molecular weight excluding hydrogens is 781 g/mol. The minimum Gasteiger partial charge on any atom is -0.376 e. The second-order valence-corrected chi connectivity index (χ2v) is 22.9. The lowest BCUT2D eigenvalue weighted by atomic mass is 9.71. The van der Waals surface area contributed by atoms with Crippen molar-refractivity contribution in [2.45, 2.75) is 264 Å². The van der Waals surface area contributed by atoms with E-state index in [2.05, 4.69) is 144 Å². The molecule has 0 radical (unpaired) electrons. The third kappa shape index (κ3) is 27.6. The molecule has 0 saturated heterocycles. The van der Waals surface area contributed by atoms with E-state index in [0.29, 0.717) is 47.4 Å². The van der Waals surface area contributed by atoms with E-state index >= 15 is 0 Å². The van der Waals surface area contributed by atoms with Gasteiger partial charge in [0.05, 0.1) is 23.6 Å². The normalized spacial score (nSPS) is 12.6. The Morgan fingerprint density at radius 2 is 0.810 bits per heavy atom. The molecule has 9 nitrogen and oxygen atoms in total. The highest BCUT2D eigenvalue weighted by Crippen LogP contribution is 2.37. The molecule has 0 aromatic carbocycles. The summed E-state index contributed by atoms with van der Waals surface area (Å²) in [6.07, 6.45) is 25.4. The number of nitrogens with zero attached hydrogens (tertiary/aromatic N) is 6. The summed E-state index contributed by atoms with van der Waals surface area (Å²) in [5.41, 5.74) is 1.65. The summed E-state index contributed by atoms with van der Waals surface area (Å²) in [7, 11) is 0. The predicted octanol–water partition coefficient (Wildman–Crippen LogP) is 14.5. The zero-order valence-corrected chi connectivity index (χ0v) is 44.2. The monoisotopic (exact) mass is 883 g/mol. The molecule has 0 atom stereocenters. The number of carbonyl (C=O) groups is 2. The molecule has 366 valence electrons. The average Bonchev–Trinajstić information content (AvgIpc) is 3.80. The number of Topliss-reactive ketones (excluding diaryl/α,β-unsaturated/α-hetero) is 2. The van der Waals surface area contributed by atoms with Gasteiger partial charge >= 0.3 is 0 Å². The van der Waals surface area contributed by atoms with Gasteiger partial charge in [0, 0.05) is 49.2 Å². The number of hydrogen-bond donors (Lipinski definition) is 0. The molecular formula is C54H102N6O3. The molecule has 2 aromatic heterocycles. The Kier molecular flexibility index (Phi) is 29.3. The van der Waals surface area contributed by atoms with E-state index < -0.39 is 0 Å². The summed E-state index contributed by atoms with van der Waals surface area (Å²) in [6.45, 7) is 37.3. The standard InChI is InChI=1S/C42H76N6O2.C12H26O/c1-33(2)27-41(9,28-34(3)4)39(49)21-17-13-11-15-19-25-47-31-37(43-45-47)23-24-38-32-48(46-44-38)26-20-16-12-14-18-22-40(50)42(10,29-35(5)6)30-36(7)8;1-9(2)7-12(8-10(3)4)13-11(5)6/h31-36H,11-30H2,1-10H3;9-12H,7-8H2,1-6H3. The summed E-state index contributed by atoms with van der Waals surface area (Å²) in [5.74, 6) is 4.61.